The van der Waals surface area contributed by atoms with Crippen molar-refractivity contribution in [3.8, 4) is 0 Å². The highest BCUT2D eigenvalue weighted by Gasteiger charge is 2.28. The van der Waals surface area contributed by atoms with Crippen LogP contribution < -0.4 is 5.32 Å². The predicted octanol–water partition coefficient (Wildman–Crippen LogP) is 2.26. The van der Waals surface area contributed by atoms with Gasteiger partial charge in [-0.25, -0.2) is 4.39 Å². The molecule has 2 atom stereocenters. The molecule has 2 aromatic rings. The van der Waals surface area contributed by atoms with Crippen molar-refractivity contribution in [1.29, 1.82) is 0 Å². The van der Waals surface area contributed by atoms with Crippen LogP contribution in [0.1, 0.15) is 24.3 Å². The molecular weight excluding hydrogens is 397 g/mol. The molecule has 0 radical (unpaired) electrons. The van der Waals surface area contributed by atoms with Crippen LogP contribution in [0, 0.1) is 5.82 Å². The minimum absolute atomic E-state index is 0.0199. The zero-order chi connectivity index (χ0) is 22.2. The molecule has 2 unspecified atom stereocenters. The number of aromatic nitrogens is 1. The van der Waals surface area contributed by atoms with Crippen molar-refractivity contribution in [1.82, 2.24) is 20.1 Å². The first-order valence-electron chi connectivity index (χ1n) is 10.5. The third kappa shape index (κ3) is 6.49. The van der Waals surface area contributed by atoms with Crippen molar-refractivity contribution in [3.63, 3.8) is 0 Å². The zero-order valence-electron chi connectivity index (χ0n) is 18.3. The predicted molar refractivity (Wildman–Crippen MR) is 118 cm³/mol. The molecule has 166 valence electrons. The number of hydrogen-bond donors (Lipinski definition) is 1. The number of halogens is 1. The first-order valence-corrected chi connectivity index (χ1v) is 10.5. The summed E-state index contributed by atoms with van der Waals surface area (Å²) in [5.74, 6) is 0.356. The Bertz CT molecular complexity index is 875. The van der Waals surface area contributed by atoms with Crippen LogP contribution in [0.4, 0.5) is 4.39 Å². The molecule has 0 bridgehead atoms. The van der Waals surface area contributed by atoms with Gasteiger partial charge in [-0.15, -0.1) is 0 Å². The van der Waals surface area contributed by atoms with Crippen molar-refractivity contribution in [2.75, 3.05) is 40.3 Å². The fraction of sp³-hybridized carbons (Fsp3) is 0.435. The summed E-state index contributed by atoms with van der Waals surface area (Å²) in [6.07, 6.45) is 2.24. The maximum Gasteiger partial charge on any atom is 0.241 e. The van der Waals surface area contributed by atoms with Crippen LogP contribution in [-0.4, -0.2) is 73.0 Å². The molecule has 1 aromatic heterocycles. The summed E-state index contributed by atoms with van der Waals surface area (Å²) in [6, 6.07) is 12.1. The lowest BCUT2D eigenvalue weighted by atomic mass is 10.1. The molecule has 31 heavy (non-hydrogen) atoms. The highest BCUT2D eigenvalue weighted by molar-refractivity contribution is 5.86. The number of ether oxygens (including phenoxy) is 1. The number of likely N-dealkylation sites (N-methyl/N-ethyl adjacent to an activating group) is 1. The van der Waals surface area contributed by atoms with Crippen LogP contribution in [0.2, 0.25) is 0 Å². The average molecular weight is 428 g/mol. The minimum atomic E-state index is -0.271. The zero-order valence-corrected chi connectivity index (χ0v) is 18.3. The van der Waals surface area contributed by atoms with Gasteiger partial charge in [-0.05, 0) is 36.8 Å². The second kappa shape index (κ2) is 10.9. The number of guanidine groups is 1. The molecular formula is C23H30FN5O2. The fourth-order valence-electron chi connectivity index (χ4n) is 3.56. The normalized spacial score (nSPS) is 19.2. The molecule has 0 spiro atoms. The lowest BCUT2D eigenvalue weighted by molar-refractivity contribution is -0.128. The Balaban J connectivity index is 1.53. The minimum Gasteiger partial charge on any atom is -0.367 e. The SMILES string of the molecule is CN=C(NCC(=O)N(C)CCc1ccccn1)N1CC(C)OC(c2ccc(F)cc2)C1. The van der Waals surface area contributed by atoms with E-state index in [-0.39, 0.29) is 30.5 Å². The monoisotopic (exact) mass is 427 g/mol. The van der Waals surface area contributed by atoms with E-state index >= 15 is 0 Å². The highest BCUT2D eigenvalue weighted by Crippen LogP contribution is 2.25. The number of hydrogen-bond acceptors (Lipinski definition) is 4. The maximum absolute atomic E-state index is 13.3. The Morgan fingerprint density at radius 3 is 2.74 bits per heavy atom. The molecule has 7 nitrogen and oxygen atoms in total. The van der Waals surface area contributed by atoms with Crippen LogP contribution in [-0.2, 0) is 16.0 Å². The number of aliphatic imine (C=N–C) groups is 1. The summed E-state index contributed by atoms with van der Waals surface area (Å²) in [6.45, 7) is 3.96. The molecule has 1 aliphatic rings. The van der Waals surface area contributed by atoms with E-state index in [9.17, 15) is 9.18 Å². The Kier molecular flexibility index (Phi) is 7.94. The molecule has 2 heterocycles. The van der Waals surface area contributed by atoms with Gasteiger partial charge >= 0.3 is 0 Å². The molecule has 1 N–H and O–H groups in total. The van der Waals surface area contributed by atoms with Gasteiger partial charge in [0.25, 0.3) is 0 Å². The molecule has 1 amide bonds. The van der Waals surface area contributed by atoms with Gasteiger partial charge in [-0.2, -0.15) is 0 Å². The van der Waals surface area contributed by atoms with E-state index in [4.69, 9.17) is 4.74 Å². The smallest absolute Gasteiger partial charge is 0.241 e. The van der Waals surface area contributed by atoms with Crippen molar-refractivity contribution in [2.24, 2.45) is 4.99 Å². The molecule has 0 saturated carbocycles. The Labute approximate surface area is 182 Å². The van der Waals surface area contributed by atoms with Crippen molar-refractivity contribution >= 4 is 11.9 Å². The Morgan fingerprint density at radius 2 is 2.06 bits per heavy atom. The second-order valence-electron chi connectivity index (χ2n) is 7.68. The van der Waals surface area contributed by atoms with Crippen LogP contribution >= 0.6 is 0 Å². The molecule has 0 aliphatic carbocycles. The molecule has 1 aliphatic heterocycles. The quantitative estimate of drug-likeness (QED) is 0.566. The van der Waals surface area contributed by atoms with Gasteiger partial charge in [0.1, 0.15) is 11.9 Å². The number of morpholine rings is 1. The number of amides is 1. The molecule has 3 rings (SSSR count). The summed E-state index contributed by atoms with van der Waals surface area (Å²) in [5, 5.41) is 3.17. The van der Waals surface area contributed by atoms with Crippen LogP contribution in [0.25, 0.3) is 0 Å². The Morgan fingerprint density at radius 1 is 1.29 bits per heavy atom. The van der Waals surface area contributed by atoms with Gasteiger partial charge in [0, 0.05) is 45.5 Å². The Hall–Kier alpha value is -3.00. The van der Waals surface area contributed by atoms with Gasteiger partial charge in [0.15, 0.2) is 5.96 Å². The standard InChI is InChI=1S/C23H30FN5O2/c1-17-15-29(16-21(31-17)18-7-9-19(24)10-8-18)23(25-2)27-14-22(30)28(3)13-11-20-6-4-5-12-26-20/h4-10,12,17,21H,11,13-16H2,1-3H3,(H,25,27). The van der Waals surface area contributed by atoms with E-state index in [0.29, 0.717) is 32.0 Å². The number of benzene rings is 1. The van der Waals surface area contributed by atoms with E-state index in [1.807, 2.05) is 25.1 Å². The third-order valence-corrected chi connectivity index (χ3v) is 5.27. The molecule has 1 aromatic carbocycles. The summed E-state index contributed by atoms with van der Waals surface area (Å²) in [4.78, 5) is 25.0. The number of rotatable bonds is 6. The maximum atomic E-state index is 13.3. The van der Waals surface area contributed by atoms with Crippen molar-refractivity contribution < 1.29 is 13.9 Å². The van der Waals surface area contributed by atoms with Crippen LogP contribution in [0.15, 0.2) is 53.7 Å². The lowest BCUT2D eigenvalue weighted by Gasteiger charge is -2.38. The van der Waals surface area contributed by atoms with E-state index in [1.165, 1.54) is 12.1 Å². The average Bonchev–Trinajstić information content (AvgIpc) is 2.78. The van der Waals surface area contributed by atoms with E-state index in [0.717, 1.165) is 11.3 Å². The summed E-state index contributed by atoms with van der Waals surface area (Å²) < 4.78 is 19.3. The van der Waals surface area contributed by atoms with Gasteiger partial charge in [0.05, 0.1) is 19.2 Å². The van der Waals surface area contributed by atoms with Gasteiger partial charge in [-0.1, -0.05) is 18.2 Å². The van der Waals surface area contributed by atoms with Crippen LogP contribution in [0.5, 0.6) is 0 Å². The largest absolute Gasteiger partial charge is 0.367 e. The van der Waals surface area contributed by atoms with Gasteiger partial charge < -0.3 is 19.9 Å². The van der Waals surface area contributed by atoms with Crippen LogP contribution in [0.3, 0.4) is 0 Å². The third-order valence-electron chi connectivity index (χ3n) is 5.27. The molecule has 1 saturated heterocycles. The lowest BCUT2D eigenvalue weighted by Crippen LogP contribution is -2.52. The van der Waals surface area contributed by atoms with Crippen molar-refractivity contribution in [3.05, 3.63) is 65.7 Å². The van der Waals surface area contributed by atoms with Gasteiger partial charge in [0.2, 0.25) is 5.91 Å². The van der Waals surface area contributed by atoms with Crippen molar-refractivity contribution in [2.45, 2.75) is 25.6 Å². The second-order valence-corrected chi connectivity index (χ2v) is 7.68. The molecule has 1 fully saturated rings. The van der Waals surface area contributed by atoms with Gasteiger partial charge in [-0.3, -0.25) is 14.8 Å². The summed E-state index contributed by atoms with van der Waals surface area (Å²) >= 11 is 0. The number of nitrogens with zero attached hydrogens (tertiary/aromatic N) is 4. The fourth-order valence-corrected chi connectivity index (χ4v) is 3.56. The molecule has 8 heteroatoms. The van der Waals surface area contributed by atoms with E-state index < -0.39 is 0 Å². The number of nitrogens with one attached hydrogen (secondary N) is 1. The number of pyridine rings is 1. The van der Waals surface area contributed by atoms with E-state index in [1.54, 1.807) is 37.3 Å². The number of carbonyl (C=O) groups is 1. The highest BCUT2D eigenvalue weighted by atomic mass is 19.1. The topological polar surface area (TPSA) is 70.1 Å². The summed E-state index contributed by atoms with van der Waals surface area (Å²) in [5.41, 5.74) is 1.87. The first kappa shape index (κ1) is 22.7. The number of carbonyl (C=O) groups excluding carboxylic acids is 1. The van der Waals surface area contributed by atoms with E-state index in [2.05, 4.69) is 20.2 Å². The first-order chi connectivity index (χ1) is 15.0. The summed E-state index contributed by atoms with van der Waals surface area (Å²) in [7, 11) is 3.49.